The lowest BCUT2D eigenvalue weighted by Gasteiger charge is -2.33. The average molecular weight is 359 g/mol. The van der Waals surface area contributed by atoms with Crippen LogP contribution in [0.5, 0.6) is 0 Å². The van der Waals surface area contributed by atoms with Crippen molar-refractivity contribution in [1.82, 2.24) is 9.80 Å². The highest BCUT2D eigenvalue weighted by atomic mass is 16.2. The van der Waals surface area contributed by atoms with Gasteiger partial charge in [-0.1, -0.05) is 44.3 Å². The molecule has 1 saturated heterocycles. The SMILES string of the molecule is O=C(CCC1CCCC1)N(CCN1CCCCC1)CC1CC2C=CC1C2. The first-order valence-electron chi connectivity index (χ1n) is 11.5. The molecule has 1 heterocycles. The minimum atomic E-state index is 0.445. The van der Waals surface area contributed by atoms with Crippen molar-refractivity contribution in [2.45, 2.75) is 70.6 Å². The fourth-order valence-corrected chi connectivity index (χ4v) is 5.94. The number of amides is 1. The van der Waals surface area contributed by atoms with E-state index in [2.05, 4.69) is 22.0 Å². The first-order valence-corrected chi connectivity index (χ1v) is 11.5. The molecular weight excluding hydrogens is 320 g/mol. The second kappa shape index (κ2) is 8.91. The van der Waals surface area contributed by atoms with Crippen LogP contribution in [-0.2, 0) is 4.79 Å². The zero-order valence-electron chi connectivity index (χ0n) is 16.6. The quantitative estimate of drug-likeness (QED) is 0.597. The molecule has 3 unspecified atom stereocenters. The summed E-state index contributed by atoms with van der Waals surface area (Å²) >= 11 is 0. The number of rotatable bonds is 8. The summed E-state index contributed by atoms with van der Waals surface area (Å²) in [5.74, 6) is 3.55. The van der Waals surface area contributed by atoms with Crippen molar-refractivity contribution in [3.05, 3.63) is 12.2 Å². The number of carbonyl (C=O) groups excluding carboxylic acids is 1. The molecule has 3 atom stereocenters. The second-order valence-corrected chi connectivity index (χ2v) is 9.47. The van der Waals surface area contributed by atoms with Gasteiger partial charge in [-0.15, -0.1) is 0 Å². The molecule has 0 radical (unpaired) electrons. The van der Waals surface area contributed by atoms with E-state index >= 15 is 0 Å². The van der Waals surface area contributed by atoms with Crippen molar-refractivity contribution >= 4 is 5.91 Å². The highest BCUT2D eigenvalue weighted by Gasteiger charge is 2.37. The molecule has 4 aliphatic rings. The number of allylic oxidation sites excluding steroid dienone is 2. The highest BCUT2D eigenvalue weighted by molar-refractivity contribution is 5.76. The Kier molecular flexibility index (Phi) is 6.35. The van der Waals surface area contributed by atoms with Gasteiger partial charge in [-0.2, -0.15) is 0 Å². The van der Waals surface area contributed by atoms with Gasteiger partial charge in [0.15, 0.2) is 0 Å². The minimum Gasteiger partial charge on any atom is -0.341 e. The van der Waals surface area contributed by atoms with Gasteiger partial charge in [0, 0.05) is 26.1 Å². The molecule has 3 heteroatoms. The van der Waals surface area contributed by atoms with Crippen LogP contribution >= 0.6 is 0 Å². The zero-order valence-corrected chi connectivity index (χ0v) is 16.6. The molecule has 3 nitrogen and oxygen atoms in total. The molecule has 1 aliphatic heterocycles. The van der Waals surface area contributed by atoms with E-state index in [1.165, 1.54) is 70.9 Å². The van der Waals surface area contributed by atoms with Crippen molar-refractivity contribution in [3.63, 3.8) is 0 Å². The molecule has 0 N–H and O–H groups in total. The fourth-order valence-electron chi connectivity index (χ4n) is 5.94. The number of hydrogen-bond acceptors (Lipinski definition) is 2. The number of fused-ring (bicyclic) bond motifs is 2. The number of nitrogens with zero attached hydrogens (tertiary/aromatic N) is 2. The van der Waals surface area contributed by atoms with Crippen LogP contribution in [0.15, 0.2) is 12.2 Å². The predicted octanol–water partition coefficient (Wildman–Crippen LogP) is 4.48. The third-order valence-corrected chi connectivity index (χ3v) is 7.60. The second-order valence-electron chi connectivity index (χ2n) is 9.47. The number of hydrogen-bond donors (Lipinski definition) is 0. The molecule has 0 aromatic heterocycles. The molecule has 0 spiro atoms. The van der Waals surface area contributed by atoms with Crippen molar-refractivity contribution in [3.8, 4) is 0 Å². The summed E-state index contributed by atoms with van der Waals surface area (Å²) in [6.07, 6.45) is 19.0. The lowest BCUT2D eigenvalue weighted by atomic mass is 9.92. The summed E-state index contributed by atoms with van der Waals surface area (Å²) in [5.41, 5.74) is 0. The van der Waals surface area contributed by atoms with Crippen LogP contribution in [0.3, 0.4) is 0 Å². The van der Waals surface area contributed by atoms with Gasteiger partial charge < -0.3 is 9.80 Å². The van der Waals surface area contributed by atoms with Crippen LogP contribution in [0.25, 0.3) is 0 Å². The first-order chi connectivity index (χ1) is 12.8. The molecule has 2 saturated carbocycles. The lowest BCUT2D eigenvalue weighted by molar-refractivity contribution is -0.132. The lowest BCUT2D eigenvalue weighted by Crippen LogP contribution is -2.43. The normalized spacial score (nSPS) is 31.8. The van der Waals surface area contributed by atoms with E-state index in [0.29, 0.717) is 5.91 Å². The van der Waals surface area contributed by atoms with Crippen molar-refractivity contribution in [2.24, 2.45) is 23.7 Å². The summed E-state index contributed by atoms with van der Waals surface area (Å²) in [7, 11) is 0. The topological polar surface area (TPSA) is 23.6 Å². The maximum absolute atomic E-state index is 13.1. The molecule has 146 valence electrons. The van der Waals surface area contributed by atoms with Crippen LogP contribution in [0.2, 0.25) is 0 Å². The maximum Gasteiger partial charge on any atom is 0.222 e. The van der Waals surface area contributed by atoms with Crippen LogP contribution < -0.4 is 0 Å². The summed E-state index contributed by atoms with van der Waals surface area (Å²) < 4.78 is 0. The van der Waals surface area contributed by atoms with Gasteiger partial charge in [0.1, 0.15) is 0 Å². The summed E-state index contributed by atoms with van der Waals surface area (Å²) in [5, 5.41) is 0. The minimum absolute atomic E-state index is 0.445. The average Bonchev–Trinajstić information content (AvgIpc) is 3.42. The van der Waals surface area contributed by atoms with E-state index in [4.69, 9.17) is 0 Å². The van der Waals surface area contributed by atoms with Crippen LogP contribution in [-0.4, -0.2) is 48.4 Å². The van der Waals surface area contributed by atoms with E-state index < -0.39 is 0 Å². The molecular formula is C23H38N2O. The molecule has 3 fully saturated rings. The van der Waals surface area contributed by atoms with Gasteiger partial charge in [-0.25, -0.2) is 0 Å². The Morgan fingerprint density at radius 1 is 1.00 bits per heavy atom. The fraction of sp³-hybridized carbons (Fsp3) is 0.870. The smallest absolute Gasteiger partial charge is 0.222 e. The standard InChI is InChI=1S/C23H38N2O/c26-23(11-9-19-6-2-3-7-19)25(15-14-24-12-4-1-5-13-24)18-22-17-20-8-10-21(22)16-20/h8,10,19-22H,1-7,9,11-18H2. The Morgan fingerprint density at radius 2 is 1.81 bits per heavy atom. The van der Waals surface area contributed by atoms with Crippen molar-refractivity contribution in [1.29, 1.82) is 0 Å². The summed E-state index contributed by atoms with van der Waals surface area (Å²) in [4.78, 5) is 17.9. The van der Waals surface area contributed by atoms with E-state index in [-0.39, 0.29) is 0 Å². The molecule has 2 bridgehead atoms. The van der Waals surface area contributed by atoms with Crippen LogP contribution in [0, 0.1) is 23.7 Å². The number of carbonyl (C=O) groups is 1. The Bertz CT molecular complexity index is 490. The summed E-state index contributed by atoms with van der Waals surface area (Å²) in [6.45, 7) is 5.54. The Hall–Kier alpha value is -0.830. The van der Waals surface area contributed by atoms with Gasteiger partial charge in [-0.3, -0.25) is 4.79 Å². The van der Waals surface area contributed by atoms with Gasteiger partial charge in [0.25, 0.3) is 0 Å². The van der Waals surface area contributed by atoms with Crippen molar-refractivity contribution in [2.75, 3.05) is 32.7 Å². The predicted molar refractivity (Wildman–Crippen MR) is 107 cm³/mol. The zero-order chi connectivity index (χ0) is 17.8. The molecule has 0 aromatic carbocycles. The Morgan fingerprint density at radius 3 is 2.50 bits per heavy atom. The van der Waals surface area contributed by atoms with E-state index in [9.17, 15) is 4.79 Å². The van der Waals surface area contributed by atoms with Gasteiger partial charge >= 0.3 is 0 Å². The highest BCUT2D eigenvalue weighted by Crippen LogP contribution is 2.43. The summed E-state index contributed by atoms with van der Waals surface area (Å²) in [6, 6.07) is 0. The third-order valence-electron chi connectivity index (χ3n) is 7.60. The van der Waals surface area contributed by atoms with Crippen LogP contribution in [0.1, 0.15) is 70.6 Å². The van der Waals surface area contributed by atoms with E-state index in [1.807, 2.05) is 0 Å². The molecule has 3 aliphatic carbocycles. The Balaban J connectivity index is 1.30. The Labute approximate surface area is 160 Å². The van der Waals surface area contributed by atoms with Crippen molar-refractivity contribution < 1.29 is 4.79 Å². The molecule has 1 amide bonds. The maximum atomic E-state index is 13.1. The largest absolute Gasteiger partial charge is 0.341 e. The first kappa shape index (κ1) is 18.5. The number of piperidine rings is 1. The monoisotopic (exact) mass is 358 g/mol. The molecule has 4 rings (SSSR count). The van der Waals surface area contributed by atoms with E-state index in [0.717, 1.165) is 56.1 Å². The van der Waals surface area contributed by atoms with Gasteiger partial charge in [0.2, 0.25) is 5.91 Å². The van der Waals surface area contributed by atoms with Gasteiger partial charge in [-0.05, 0) is 68.9 Å². The van der Waals surface area contributed by atoms with Crippen LogP contribution in [0.4, 0.5) is 0 Å². The molecule has 26 heavy (non-hydrogen) atoms. The molecule has 0 aromatic rings. The van der Waals surface area contributed by atoms with E-state index in [1.54, 1.807) is 0 Å². The number of likely N-dealkylation sites (tertiary alicyclic amines) is 1. The van der Waals surface area contributed by atoms with Gasteiger partial charge in [0.05, 0.1) is 0 Å². The third kappa shape index (κ3) is 4.71.